The Balaban J connectivity index is 2.00. The van der Waals surface area contributed by atoms with Gasteiger partial charge in [0.2, 0.25) is 0 Å². The van der Waals surface area contributed by atoms with Crippen LogP contribution in [0.5, 0.6) is 0 Å². The highest BCUT2D eigenvalue weighted by Crippen LogP contribution is 2.33. The molecule has 0 fully saturated rings. The number of benzene rings is 1. The molecule has 0 atom stereocenters. The van der Waals surface area contributed by atoms with Crippen molar-refractivity contribution in [2.24, 2.45) is 0 Å². The van der Waals surface area contributed by atoms with E-state index in [-0.39, 0.29) is 0 Å². The molecule has 2 aliphatic rings. The maximum absolute atomic E-state index is 12.0. The maximum atomic E-state index is 12.0. The Hall–Kier alpha value is -1.79. The summed E-state index contributed by atoms with van der Waals surface area (Å²) < 4.78 is 26.7. The van der Waals surface area contributed by atoms with E-state index in [0.717, 1.165) is 35.2 Å². The molecule has 0 unspecified atom stereocenters. The molecule has 6 heteroatoms. The standard InChI is InChI=1S/C17H23N3O2S/c1-19-11-15(12-20(2)23(19,21)22)14-8-9-17(18)16(10-14)13-6-4-3-5-7-13/h6,8-11H,3-5,7,12,18H2,1-2H3. The summed E-state index contributed by atoms with van der Waals surface area (Å²) in [4.78, 5) is 0. The topological polar surface area (TPSA) is 66.6 Å². The smallest absolute Gasteiger partial charge is 0.303 e. The van der Waals surface area contributed by atoms with Gasteiger partial charge in [-0.2, -0.15) is 12.7 Å². The van der Waals surface area contributed by atoms with Crippen molar-refractivity contribution in [2.45, 2.75) is 25.7 Å². The highest BCUT2D eigenvalue weighted by Gasteiger charge is 2.28. The lowest BCUT2D eigenvalue weighted by atomic mass is 9.90. The van der Waals surface area contributed by atoms with Crippen LogP contribution in [0.15, 0.2) is 30.5 Å². The van der Waals surface area contributed by atoms with Gasteiger partial charge >= 0.3 is 10.2 Å². The number of allylic oxidation sites excluding steroid dienone is 2. The molecule has 0 amide bonds. The predicted molar refractivity (Wildman–Crippen MR) is 94.6 cm³/mol. The van der Waals surface area contributed by atoms with E-state index in [9.17, 15) is 8.42 Å². The first-order chi connectivity index (χ1) is 10.9. The van der Waals surface area contributed by atoms with Crippen molar-refractivity contribution in [3.63, 3.8) is 0 Å². The number of hydrogen-bond acceptors (Lipinski definition) is 3. The van der Waals surface area contributed by atoms with Gasteiger partial charge in [-0.15, -0.1) is 0 Å². The quantitative estimate of drug-likeness (QED) is 0.846. The van der Waals surface area contributed by atoms with Gasteiger partial charge in [0.05, 0.1) is 0 Å². The van der Waals surface area contributed by atoms with Crippen molar-refractivity contribution in [3.05, 3.63) is 41.6 Å². The molecule has 1 aromatic carbocycles. The molecule has 1 aliphatic carbocycles. The van der Waals surface area contributed by atoms with Crippen molar-refractivity contribution in [1.82, 2.24) is 8.61 Å². The second-order valence-electron chi connectivity index (χ2n) is 6.21. The first-order valence-corrected chi connectivity index (χ1v) is 9.28. The molecule has 1 aliphatic heterocycles. The minimum atomic E-state index is -3.37. The van der Waals surface area contributed by atoms with E-state index in [1.54, 1.807) is 20.3 Å². The molecule has 0 radical (unpaired) electrons. The third-order valence-electron chi connectivity index (χ3n) is 4.55. The van der Waals surface area contributed by atoms with E-state index in [2.05, 4.69) is 12.1 Å². The number of rotatable bonds is 2. The van der Waals surface area contributed by atoms with Crippen molar-refractivity contribution >= 4 is 27.0 Å². The molecule has 5 nitrogen and oxygen atoms in total. The largest absolute Gasteiger partial charge is 0.398 e. The molecule has 0 aromatic heterocycles. The van der Waals surface area contributed by atoms with Crippen molar-refractivity contribution in [2.75, 3.05) is 26.4 Å². The molecule has 1 aromatic rings. The van der Waals surface area contributed by atoms with Crippen LogP contribution in [-0.4, -0.2) is 37.7 Å². The van der Waals surface area contributed by atoms with E-state index in [4.69, 9.17) is 5.73 Å². The molecule has 124 valence electrons. The Morgan fingerprint density at radius 1 is 1.13 bits per heavy atom. The summed E-state index contributed by atoms with van der Waals surface area (Å²) in [6, 6.07) is 5.98. The average Bonchev–Trinajstić information content (AvgIpc) is 2.54. The van der Waals surface area contributed by atoms with Crippen LogP contribution in [-0.2, 0) is 10.2 Å². The Labute approximate surface area is 138 Å². The summed E-state index contributed by atoms with van der Waals surface area (Å²) in [7, 11) is -0.205. The Morgan fingerprint density at radius 3 is 2.57 bits per heavy atom. The first kappa shape index (κ1) is 16.1. The number of nitrogen functional groups attached to an aromatic ring is 1. The van der Waals surface area contributed by atoms with Crippen molar-refractivity contribution in [1.29, 1.82) is 0 Å². The van der Waals surface area contributed by atoms with Gasteiger partial charge in [0, 0.05) is 38.1 Å². The predicted octanol–water partition coefficient (Wildman–Crippen LogP) is 2.69. The first-order valence-electron chi connectivity index (χ1n) is 7.89. The highest BCUT2D eigenvalue weighted by atomic mass is 32.2. The van der Waals surface area contributed by atoms with Gasteiger partial charge in [-0.3, -0.25) is 4.31 Å². The molecule has 0 saturated carbocycles. The minimum absolute atomic E-state index is 0.370. The summed E-state index contributed by atoms with van der Waals surface area (Å²) in [5.74, 6) is 0. The Bertz CT molecular complexity index is 781. The Morgan fingerprint density at radius 2 is 1.91 bits per heavy atom. The second-order valence-corrected chi connectivity index (χ2v) is 8.31. The second kappa shape index (κ2) is 6.02. The Kier molecular flexibility index (Phi) is 4.21. The van der Waals surface area contributed by atoms with Crippen LogP contribution in [0, 0.1) is 0 Å². The molecule has 0 spiro atoms. The molecule has 0 bridgehead atoms. The fraction of sp³-hybridized carbons (Fsp3) is 0.412. The van der Waals surface area contributed by atoms with Gasteiger partial charge in [-0.25, -0.2) is 0 Å². The summed E-state index contributed by atoms with van der Waals surface area (Å²) >= 11 is 0. The van der Waals surface area contributed by atoms with Crippen LogP contribution in [0.4, 0.5) is 5.69 Å². The SMILES string of the molecule is CN1C=C(c2ccc(N)c(C3=CCCCC3)c2)CN(C)S1(=O)=O. The average molecular weight is 333 g/mol. The zero-order chi connectivity index (χ0) is 16.6. The lowest BCUT2D eigenvalue weighted by molar-refractivity contribution is 0.440. The monoisotopic (exact) mass is 333 g/mol. The van der Waals surface area contributed by atoms with E-state index in [0.29, 0.717) is 6.54 Å². The number of nitrogens with zero attached hydrogens (tertiary/aromatic N) is 2. The van der Waals surface area contributed by atoms with E-state index in [1.807, 2.05) is 12.1 Å². The molecule has 2 N–H and O–H groups in total. The zero-order valence-electron chi connectivity index (χ0n) is 13.6. The van der Waals surface area contributed by atoms with Crippen LogP contribution in [0.2, 0.25) is 0 Å². The minimum Gasteiger partial charge on any atom is -0.398 e. The molecule has 0 saturated heterocycles. The van der Waals surface area contributed by atoms with Crippen LogP contribution >= 0.6 is 0 Å². The van der Waals surface area contributed by atoms with E-state index < -0.39 is 10.2 Å². The maximum Gasteiger partial charge on any atom is 0.303 e. The van der Waals surface area contributed by atoms with Gasteiger partial charge in [0.25, 0.3) is 0 Å². The summed E-state index contributed by atoms with van der Waals surface area (Å²) in [6.45, 7) is 0.370. The molecule has 3 rings (SSSR count). The van der Waals surface area contributed by atoms with E-state index in [1.165, 1.54) is 27.0 Å². The molecular weight excluding hydrogens is 310 g/mol. The zero-order valence-corrected chi connectivity index (χ0v) is 14.4. The van der Waals surface area contributed by atoms with Crippen LogP contribution < -0.4 is 5.73 Å². The van der Waals surface area contributed by atoms with Crippen LogP contribution in [0.1, 0.15) is 36.8 Å². The van der Waals surface area contributed by atoms with Crippen molar-refractivity contribution in [3.8, 4) is 0 Å². The number of nitrogens with two attached hydrogens (primary N) is 1. The molecule has 1 heterocycles. The fourth-order valence-electron chi connectivity index (χ4n) is 3.15. The van der Waals surface area contributed by atoms with Gasteiger partial charge < -0.3 is 5.73 Å². The third-order valence-corrected chi connectivity index (χ3v) is 6.30. The van der Waals surface area contributed by atoms with Crippen LogP contribution in [0.3, 0.4) is 0 Å². The highest BCUT2D eigenvalue weighted by molar-refractivity contribution is 7.86. The van der Waals surface area contributed by atoms with Gasteiger partial charge in [-0.1, -0.05) is 12.1 Å². The molecule has 23 heavy (non-hydrogen) atoms. The number of anilines is 1. The third kappa shape index (κ3) is 3.01. The summed E-state index contributed by atoms with van der Waals surface area (Å²) in [6.07, 6.45) is 8.56. The van der Waals surface area contributed by atoms with Gasteiger partial charge in [-0.05, 0) is 54.5 Å². The number of hydrogen-bond donors (Lipinski definition) is 1. The number of likely N-dealkylation sites (N-methyl/N-ethyl adjacent to an activating group) is 1. The van der Waals surface area contributed by atoms with Gasteiger partial charge in [0.1, 0.15) is 0 Å². The van der Waals surface area contributed by atoms with Crippen molar-refractivity contribution < 1.29 is 8.42 Å². The molecular formula is C17H23N3O2S. The van der Waals surface area contributed by atoms with E-state index >= 15 is 0 Å². The normalized spacial score (nSPS) is 21.7. The lowest BCUT2D eigenvalue weighted by Gasteiger charge is -2.30. The fourth-order valence-corrected chi connectivity index (χ4v) is 4.15. The van der Waals surface area contributed by atoms with Gasteiger partial charge in [0.15, 0.2) is 0 Å². The lowest BCUT2D eigenvalue weighted by Crippen LogP contribution is -2.41. The van der Waals surface area contributed by atoms with Crippen LogP contribution in [0.25, 0.3) is 11.1 Å². The summed E-state index contributed by atoms with van der Waals surface area (Å²) in [5, 5.41) is 0. The summed E-state index contributed by atoms with van der Waals surface area (Å²) in [5.41, 5.74) is 11.3.